The van der Waals surface area contributed by atoms with Crippen LogP contribution in [0.1, 0.15) is 30.4 Å². The lowest BCUT2D eigenvalue weighted by molar-refractivity contribution is -0.122. The molecule has 2 rings (SSSR count). The third kappa shape index (κ3) is 5.69. The van der Waals surface area contributed by atoms with Crippen LogP contribution in [0.25, 0.3) is 0 Å². The Hall–Kier alpha value is -1.78. The molecule has 3 nitrogen and oxygen atoms in total. The molecule has 0 saturated heterocycles. The number of rotatable bonds is 8. The molecule has 0 bridgehead atoms. The Kier molecular flexibility index (Phi) is 6.88. The molecule has 2 aromatic rings. The van der Waals surface area contributed by atoms with E-state index in [1.54, 1.807) is 18.7 Å². The maximum absolute atomic E-state index is 12.4. The zero-order valence-electron chi connectivity index (χ0n) is 14.2. The van der Waals surface area contributed by atoms with E-state index in [4.69, 9.17) is 0 Å². The predicted octanol–water partition coefficient (Wildman–Crippen LogP) is 3.44. The lowest BCUT2D eigenvalue weighted by Gasteiger charge is -2.24. The van der Waals surface area contributed by atoms with Gasteiger partial charge in [-0.1, -0.05) is 60.7 Å². The highest BCUT2D eigenvalue weighted by Crippen LogP contribution is 2.27. The molecule has 0 aliphatic rings. The van der Waals surface area contributed by atoms with E-state index in [2.05, 4.69) is 29.6 Å². The van der Waals surface area contributed by atoms with Crippen molar-refractivity contribution < 1.29 is 9.90 Å². The second-order valence-corrected chi connectivity index (χ2v) is 7.15. The van der Waals surface area contributed by atoms with E-state index in [-0.39, 0.29) is 18.4 Å². The van der Waals surface area contributed by atoms with Gasteiger partial charge in [0, 0.05) is 24.6 Å². The van der Waals surface area contributed by atoms with Crippen LogP contribution in [0.3, 0.4) is 0 Å². The molecular weight excluding hydrogens is 318 g/mol. The monoisotopic (exact) mass is 343 g/mol. The molecule has 0 fully saturated rings. The van der Waals surface area contributed by atoms with E-state index in [0.29, 0.717) is 12.2 Å². The minimum atomic E-state index is -0.885. The number of thioether (sulfide) groups is 1. The van der Waals surface area contributed by atoms with Crippen molar-refractivity contribution in [1.29, 1.82) is 0 Å². The number of carbonyl (C=O) groups is 1. The van der Waals surface area contributed by atoms with Crippen molar-refractivity contribution in [2.75, 3.05) is 18.6 Å². The van der Waals surface area contributed by atoms with Crippen molar-refractivity contribution in [1.82, 2.24) is 5.32 Å². The van der Waals surface area contributed by atoms with Gasteiger partial charge in [0.15, 0.2) is 0 Å². The fourth-order valence-corrected chi connectivity index (χ4v) is 3.43. The highest BCUT2D eigenvalue weighted by molar-refractivity contribution is 7.98. The van der Waals surface area contributed by atoms with Crippen LogP contribution in [-0.4, -0.2) is 35.2 Å². The SMILES string of the molecule is CSC[C@](C)(O)CNC(=O)CC(c1ccccc1)c1ccccc1. The number of nitrogens with one attached hydrogen (secondary N) is 1. The van der Waals surface area contributed by atoms with Crippen LogP contribution in [0.4, 0.5) is 0 Å². The van der Waals surface area contributed by atoms with Crippen molar-refractivity contribution in [2.24, 2.45) is 0 Å². The number of amides is 1. The third-order valence-electron chi connectivity index (χ3n) is 3.92. The predicted molar refractivity (Wildman–Crippen MR) is 101 cm³/mol. The first-order valence-corrected chi connectivity index (χ1v) is 9.49. The van der Waals surface area contributed by atoms with E-state index >= 15 is 0 Å². The van der Waals surface area contributed by atoms with Gasteiger partial charge in [-0.05, 0) is 24.3 Å². The van der Waals surface area contributed by atoms with Gasteiger partial charge in [-0.25, -0.2) is 0 Å². The van der Waals surface area contributed by atoms with Crippen molar-refractivity contribution in [3.63, 3.8) is 0 Å². The molecule has 0 aliphatic heterocycles. The fourth-order valence-electron chi connectivity index (χ4n) is 2.71. The van der Waals surface area contributed by atoms with Crippen LogP contribution in [0.2, 0.25) is 0 Å². The van der Waals surface area contributed by atoms with Gasteiger partial charge in [0.25, 0.3) is 0 Å². The normalized spacial score (nSPS) is 13.5. The van der Waals surface area contributed by atoms with Gasteiger partial charge in [-0.2, -0.15) is 11.8 Å². The number of aliphatic hydroxyl groups is 1. The Morgan fingerprint density at radius 1 is 1.08 bits per heavy atom. The van der Waals surface area contributed by atoms with Gasteiger partial charge in [0.05, 0.1) is 5.60 Å². The second kappa shape index (κ2) is 8.90. The highest BCUT2D eigenvalue weighted by atomic mass is 32.2. The largest absolute Gasteiger partial charge is 0.387 e. The Bertz CT molecular complexity index is 589. The molecule has 2 N–H and O–H groups in total. The minimum absolute atomic E-state index is 0.0119. The standard InChI is InChI=1S/C20H25NO2S/c1-20(23,15-24-2)14-21-19(22)13-18(16-9-5-3-6-10-16)17-11-7-4-8-12-17/h3-12,18,23H,13-15H2,1-2H3,(H,21,22)/t20-/m1/s1. The van der Waals surface area contributed by atoms with Gasteiger partial charge >= 0.3 is 0 Å². The maximum atomic E-state index is 12.4. The average molecular weight is 343 g/mol. The fraction of sp³-hybridized carbons (Fsp3) is 0.350. The van der Waals surface area contributed by atoms with Crippen molar-refractivity contribution in [3.8, 4) is 0 Å². The lowest BCUT2D eigenvalue weighted by Crippen LogP contribution is -2.42. The number of hydrogen-bond donors (Lipinski definition) is 2. The van der Waals surface area contributed by atoms with Crippen molar-refractivity contribution in [3.05, 3.63) is 71.8 Å². The van der Waals surface area contributed by atoms with Crippen LogP contribution in [0.5, 0.6) is 0 Å². The quantitative estimate of drug-likeness (QED) is 0.772. The van der Waals surface area contributed by atoms with E-state index in [1.165, 1.54) is 0 Å². The summed E-state index contributed by atoms with van der Waals surface area (Å²) in [6.45, 7) is 2.01. The first-order chi connectivity index (χ1) is 11.5. The molecule has 2 aromatic carbocycles. The summed E-state index contributed by atoms with van der Waals surface area (Å²) in [7, 11) is 0. The summed E-state index contributed by atoms with van der Waals surface area (Å²) < 4.78 is 0. The summed E-state index contributed by atoms with van der Waals surface area (Å²) >= 11 is 1.57. The molecule has 0 aromatic heterocycles. The topological polar surface area (TPSA) is 49.3 Å². The maximum Gasteiger partial charge on any atom is 0.221 e. The Morgan fingerprint density at radius 2 is 1.58 bits per heavy atom. The molecule has 24 heavy (non-hydrogen) atoms. The number of benzene rings is 2. The smallest absolute Gasteiger partial charge is 0.221 e. The van der Waals surface area contributed by atoms with Crippen LogP contribution < -0.4 is 5.32 Å². The summed E-state index contributed by atoms with van der Waals surface area (Å²) in [5.74, 6) is 0.556. The number of hydrogen-bond acceptors (Lipinski definition) is 3. The Balaban J connectivity index is 2.08. The second-order valence-electron chi connectivity index (χ2n) is 6.28. The van der Waals surface area contributed by atoms with Gasteiger partial charge in [0.1, 0.15) is 0 Å². The molecule has 0 spiro atoms. The molecular formula is C20H25NO2S. The van der Waals surface area contributed by atoms with Crippen LogP contribution in [-0.2, 0) is 4.79 Å². The summed E-state index contributed by atoms with van der Waals surface area (Å²) in [4.78, 5) is 12.4. The van der Waals surface area contributed by atoms with E-state index in [9.17, 15) is 9.90 Å². The average Bonchev–Trinajstić information content (AvgIpc) is 2.59. The van der Waals surface area contributed by atoms with Gasteiger partial charge in [0.2, 0.25) is 5.91 Å². The van der Waals surface area contributed by atoms with Gasteiger partial charge < -0.3 is 10.4 Å². The molecule has 0 unspecified atom stereocenters. The van der Waals surface area contributed by atoms with Crippen LogP contribution in [0.15, 0.2) is 60.7 Å². The van der Waals surface area contributed by atoms with E-state index in [0.717, 1.165) is 11.1 Å². The molecule has 4 heteroatoms. The van der Waals surface area contributed by atoms with Crippen LogP contribution in [0, 0.1) is 0 Å². The van der Waals surface area contributed by atoms with E-state index in [1.807, 2.05) is 42.7 Å². The van der Waals surface area contributed by atoms with Crippen LogP contribution >= 0.6 is 11.8 Å². The van der Waals surface area contributed by atoms with Gasteiger partial charge in [-0.15, -0.1) is 0 Å². The van der Waals surface area contributed by atoms with Crippen molar-refractivity contribution >= 4 is 17.7 Å². The zero-order chi connectivity index (χ0) is 17.4. The lowest BCUT2D eigenvalue weighted by atomic mass is 9.88. The van der Waals surface area contributed by atoms with E-state index < -0.39 is 5.60 Å². The summed E-state index contributed by atoms with van der Waals surface area (Å²) in [6.07, 6.45) is 2.31. The third-order valence-corrected chi connectivity index (χ3v) is 4.83. The molecule has 1 amide bonds. The summed E-state index contributed by atoms with van der Waals surface area (Å²) in [5.41, 5.74) is 1.36. The highest BCUT2D eigenvalue weighted by Gasteiger charge is 2.22. The summed E-state index contributed by atoms with van der Waals surface area (Å²) in [6, 6.07) is 20.1. The molecule has 128 valence electrons. The molecule has 0 heterocycles. The Morgan fingerprint density at radius 3 is 2.04 bits per heavy atom. The molecule has 0 radical (unpaired) electrons. The molecule has 0 aliphatic carbocycles. The molecule has 1 atom stereocenters. The minimum Gasteiger partial charge on any atom is -0.387 e. The zero-order valence-corrected chi connectivity index (χ0v) is 15.1. The molecule has 0 saturated carbocycles. The Labute approximate surface area is 148 Å². The first-order valence-electron chi connectivity index (χ1n) is 8.10. The van der Waals surface area contributed by atoms with Gasteiger partial charge in [-0.3, -0.25) is 4.79 Å². The number of carbonyl (C=O) groups excluding carboxylic acids is 1. The first kappa shape index (κ1) is 18.6. The van der Waals surface area contributed by atoms with Crippen molar-refractivity contribution in [2.45, 2.75) is 24.9 Å². The summed E-state index contributed by atoms with van der Waals surface area (Å²) in [5, 5.41) is 13.1.